The Kier molecular flexibility index (Phi) is 20.5. The number of ether oxygens (including phenoxy) is 1. The van der Waals surface area contributed by atoms with Gasteiger partial charge >= 0.3 is 0 Å². The first-order valence-electron chi connectivity index (χ1n) is 24.5. The van der Waals surface area contributed by atoms with E-state index in [0.29, 0.717) is 85.4 Å². The van der Waals surface area contributed by atoms with E-state index in [2.05, 4.69) is 72.0 Å². The van der Waals surface area contributed by atoms with Crippen molar-refractivity contribution in [2.24, 2.45) is 11.5 Å². The van der Waals surface area contributed by atoms with Crippen molar-refractivity contribution in [3.63, 3.8) is 0 Å². The number of phenols is 1. The van der Waals surface area contributed by atoms with Crippen LogP contribution in [0.3, 0.4) is 0 Å². The quantitative estimate of drug-likeness (QED) is 0.0753. The SMILES string of the molecule is CC(C)n1cnnc1-c1cccc(-n2cnc3cc(O)c(-n4cnc(C5CC5)c4)cc3c2=O)n1.CC(C)n1cnnc1-c1cccc(-n2cnc3cc(OCC(N)=O)c(-n4cnc(C5CC5)c4)cc3c2=O)n1.NC(=O)CBr.[CH3-].[CH3-].[W].[W]. The monoisotopic (exact) mass is 1500 g/mol. The number of primary amides is 2. The van der Waals surface area contributed by atoms with Crippen molar-refractivity contribution in [2.45, 2.75) is 77.3 Å². The smallest absolute Gasteiger partial charge is 0.267 e. The van der Waals surface area contributed by atoms with Gasteiger partial charge in [-0.3, -0.25) is 28.3 Å². The van der Waals surface area contributed by atoms with Gasteiger partial charge in [0.1, 0.15) is 59.8 Å². The van der Waals surface area contributed by atoms with Gasteiger partial charge in [-0.25, -0.2) is 29.9 Å². The Labute approximate surface area is 501 Å². The molecule has 8 heterocycles. The standard InChI is InChI=1S/C26H25N9O3.C24H22N8O2.C2H4BrNO.2CH3.2W/c1-15(2)34-14-30-32-25(34)18-4-3-5-24(31-18)35-13-29-19-9-22(38-11-23(27)36)21(8-17(19)26(35)37)33-10-20(28-12-33)16-6-7-16;1-14(2)31-13-27-29-23(31)17-4-3-5-22(28-17)32-12-26-18-9-21(33)20(8-16(18)24(32)34)30-10-19(25-11-30)15-6-7-15;3-1-2(4)5;;;;/h3-5,8-10,12-16H,6-7,11H2,1-2H3,(H2,27,36);3-5,8-15,33H,6-7H2,1-2H3;1H2,(H2,4,5);2*1H3;;/q;;;2*-1;;. The third kappa shape index (κ3) is 13.7. The number of halogens is 1. The minimum Gasteiger partial charge on any atom is -0.506 e. The molecule has 0 atom stereocenters. The second kappa shape index (κ2) is 26.6. The number of carbonyl (C=O) groups excluding carboxylic acids is 2. The second-order valence-corrected chi connectivity index (χ2v) is 19.5. The van der Waals surface area contributed by atoms with Crippen LogP contribution in [-0.2, 0) is 51.7 Å². The van der Waals surface area contributed by atoms with E-state index in [1.165, 1.54) is 27.9 Å². The molecule has 8 aromatic heterocycles. The van der Waals surface area contributed by atoms with Gasteiger partial charge in [0.2, 0.25) is 5.91 Å². The second-order valence-electron chi connectivity index (χ2n) is 18.9. The molecule has 0 aliphatic heterocycles. The van der Waals surface area contributed by atoms with Crippen LogP contribution in [0.25, 0.3) is 67.9 Å². The van der Waals surface area contributed by atoms with Gasteiger partial charge in [0.15, 0.2) is 18.3 Å². The zero-order chi connectivity index (χ0) is 54.1. The molecule has 12 rings (SSSR count). The molecule has 2 amide bonds. The van der Waals surface area contributed by atoms with Crippen molar-refractivity contribution < 1.29 is 61.6 Å². The number of aromatic nitrogens is 16. The zero-order valence-electron chi connectivity index (χ0n) is 44.9. The molecule has 24 nitrogen and oxygen atoms in total. The number of hydrogen-bond donors (Lipinski definition) is 3. The predicted octanol–water partition coefficient (Wildman–Crippen LogP) is 6.70. The topological polar surface area (TPSA) is 308 Å². The summed E-state index contributed by atoms with van der Waals surface area (Å²) in [5, 5.41) is 28.0. The van der Waals surface area contributed by atoms with Gasteiger partial charge in [0, 0.05) is 90.6 Å². The molecule has 420 valence electrons. The van der Waals surface area contributed by atoms with E-state index in [4.69, 9.17) is 10.5 Å². The maximum atomic E-state index is 13.7. The van der Waals surface area contributed by atoms with Crippen molar-refractivity contribution >= 4 is 49.6 Å². The fourth-order valence-corrected chi connectivity index (χ4v) is 8.37. The van der Waals surface area contributed by atoms with E-state index in [1.54, 1.807) is 64.8 Å². The molecule has 2 aliphatic carbocycles. The van der Waals surface area contributed by atoms with Gasteiger partial charge < -0.3 is 54.4 Å². The van der Waals surface area contributed by atoms with Crippen LogP contribution in [0, 0.1) is 14.9 Å². The minimum absolute atomic E-state index is 0. The summed E-state index contributed by atoms with van der Waals surface area (Å²) in [6.45, 7) is 7.82. The summed E-state index contributed by atoms with van der Waals surface area (Å²) in [4.78, 5) is 75.3. The third-order valence-electron chi connectivity index (χ3n) is 12.6. The molecule has 2 fully saturated rings. The summed E-state index contributed by atoms with van der Waals surface area (Å²) < 4.78 is 15.8. The van der Waals surface area contributed by atoms with Crippen molar-refractivity contribution in [1.82, 2.24) is 77.7 Å². The zero-order valence-corrected chi connectivity index (χ0v) is 52.4. The summed E-state index contributed by atoms with van der Waals surface area (Å²) in [6.07, 6.45) is 17.8. The number of alkyl halides is 1. The largest absolute Gasteiger partial charge is 0.506 e. The first-order chi connectivity index (χ1) is 37.1. The maximum Gasteiger partial charge on any atom is 0.267 e. The molecular formula is C54H57BrN18O6W2-2. The van der Waals surface area contributed by atoms with Crippen LogP contribution in [0.2, 0.25) is 0 Å². The summed E-state index contributed by atoms with van der Waals surface area (Å²) in [6, 6.07) is 17.5. The number of carbonyl (C=O) groups is 2. The summed E-state index contributed by atoms with van der Waals surface area (Å²) >= 11 is 2.84. The minimum atomic E-state index is -0.608. The molecule has 0 bridgehead atoms. The molecule has 2 aromatic carbocycles. The Hall–Kier alpha value is -7.88. The summed E-state index contributed by atoms with van der Waals surface area (Å²) in [5.74, 6) is 2.45. The van der Waals surface area contributed by atoms with Gasteiger partial charge in [-0.15, -0.1) is 20.4 Å². The van der Waals surface area contributed by atoms with Gasteiger partial charge in [-0.05, 0) is 89.8 Å². The van der Waals surface area contributed by atoms with Gasteiger partial charge in [0.05, 0.1) is 62.6 Å². The average Bonchev–Trinajstić information content (AvgIpc) is 4.18. The first-order valence-corrected chi connectivity index (χ1v) is 25.7. The molecule has 5 N–H and O–H groups in total. The number of pyridine rings is 2. The summed E-state index contributed by atoms with van der Waals surface area (Å²) in [7, 11) is 0. The Morgan fingerprint density at radius 3 is 1.52 bits per heavy atom. The van der Waals surface area contributed by atoms with Gasteiger partial charge in [-0.1, -0.05) is 28.1 Å². The number of aromatic hydroxyl groups is 1. The number of nitrogens with two attached hydrogens (primary N) is 2. The summed E-state index contributed by atoms with van der Waals surface area (Å²) in [5.41, 5.74) is 14.3. The Morgan fingerprint density at radius 1 is 0.642 bits per heavy atom. The van der Waals surface area contributed by atoms with E-state index < -0.39 is 5.91 Å². The fraction of sp³-hybridized carbons (Fsp3) is 0.259. The predicted molar refractivity (Wildman–Crippen MR) is 299 cm³/mol. The van der Waals surface area contributed by atoms with Crippen LogP contribution in [0.1, 0.15) is 88.7 Å². The van der Waals surface area contributed by atoms with Crippen LogP contribution < -0.4 is 27.3 Å². The van der Waals surface area contributed by atoms with E-state index in [-0.39, 0.29) is 104 Å². The molecule has 27 heteroatoms. The van der Waals surface area contributed by atoms with E-state index in [0.717, 1.165) is 37.1 Å². The molecule has 2 aliphatic rings. The molecule has 0 spiro atoms. The molecule has 0 radical (unpaired) electrons. The van der Waals surface area contributed by atoms with E-state index in [1.807, 2.05) is 73.5 Å². The van der Waals surface area contributed by atoms with Crippen molar-refractivity contribution in [1.29, 1.82) is 0 Å². The normalized spacial score (nSPS) is 12.5. The average molecular weight is 1500 g/mol. The van der Waals surface area contributed by atoms with Gasteiger partial charge in [0.25, 0.3) is 17.0 Å². The Bertz CT molecular complexity index is 3970. The number of benzene rings is 2. The molecule has 0 saturated heterocycles. The maximum absolute atomic E-state index is 13.7. The number of nitrogens with zero attached hydrogens (tertiary/aromatic N) is 16. The van der Waals surface area contributed by atoms with Crippen LogP contribution >= 0.6 is 15.9 Å². The molecular weight excluding hydrogens is 1440 g/mol. The fourth-order valence-electron chi connectivity index (χ4n) is 8.37. The van der Waals surface area contributed by atoms with Crippen molar-refractivity contribution in [3.8, 4) is 57.5 Å². The van der Waals surface area contributed by atoms with Crippen molar-refractivity contribution in [2.75, 3.05) is 11.9 Å². The molecule has 2 saturated carbocycles. The van der Waals surface area contributed by atoms with Crippen molar-refractivity contribution in [3.05, 3.63) is 158 Å². The number of imidazole rings is 2. The van der Waals surface area contributed by atoms with Crippen LogP contribution in [0.15, 0.2) is 121 Å². The van der Waals surface area contributed by atoms with Gasteiger partial charge in [-0.2, -0.15) is 0 Å². The Morgan fingerprint density at radius 2 is 1.09 bits per heavy atom. The Balaban J connectivity index is 0.000000231. The number of hydrogen-bond acceptors (Lipinski definition) is 16. The van der Waals surface area contributed by atoms with E-state index >= 15 is 0 Å². The van der Waals surface area contributed by atoms with Crippen LogP contribution in [0.5, 0.6) is 11.5 Å². The number of fused-ring (bicyclic) bond motifs is 2. The molecule has 10 aromatic rings. The first kappa shape index (κ1) is 62.3. The molecule has 0 unspecified atom stereocenters. The van der Waals surface area contributed by atoms with Crippen LogP contribution in [0.4, 0.5) is 0 Å². The number of phenolic OH excluding ortho intramolecular Hbond substituents is 1. The van der Waals surface area contributed by atoms with E-state index in [9.17, 15) is 24.3 Å². The molecule has 81 heavy (non-hydrogen) atoms. The van der Waals surface area contributed by atoms with Crippen LogP contribution in [-0.4, -0.2) is 107 Å². The third-order valence-corrected chi connectivity index (χ3v) is 13.2. The number of rotatable bonds is 14. The number of amides is 2.